The van der Waals surface area contributed by atoms with Crippen LogP contribution in [0, 0.1) is 6.57 Å². The highest BCUT2D eigenvalue weighted by molar-refractivity contribution is 6.33. The van der Waals surface area contributed by atoms with Gasteiger partial charge in [0.05, 0.1) is 28.8 Å². The Hall–Kier alpha value is -5.25. The molecule has 53 heavy (non-hydrogen) atoms. The number of anilines is 1. The van der Waals surface area contributed by atoms with Gasteiger partial charge in [-0.1, -0.05) is 17.7 Å². The van der Waals surface area contributed by atoms with Crippen molar-refractivity contribution in [3.05, 3.63) is 98.9 Å². The maximum absolute atomic E-state index is 13.4. The molecule has 13 heteroatoms. The van der Waals surface area contributed by atoms with E-state index in [1.165, 1.54) is 0 Å². The first-order chi connectivity index (χ1) is 25.6. The molecule has 0 bridgehead atoms. The van der Waals surface area contributed by atoms with Crippen LogP contribution in [0.5, 0.6) is 5.75 Å². The first kappa shape index (κ1) is 34.8. The number of hydrogen-bond donors (Lipinski definition) is 2. The standard InChI is InChI=1S/C40H39ClN6O6/c1-42-34-11-10-30(20-33(34)41)53-29-8-6-27(7-9-29)43-26-4-2-23(3-5-26)38(50)45-16-14-28(15-17-45)46-21-24-18-31-32(19-25(24)22-46)40(52)47(39(31)51)35-12-13-36(48)44-37(35)49/h2-5,10-11,18-20,27-29,35,43H,6-9,12-17,21-22H2,(H,44,48,49). The van der Waals surface area contributed by atoms with E-state index >= 15 is 0 Å². The highest BCUT2D eigenvalue weighted by Crippen LogP contribution is 2.36. The average Bonchev–Trinajstić information content (AvgIpc) is 3.69. The number of ether oxygens (including phenoxy) is 1. The van der Waals surface area contributed by atoms with Crippen molar-refractivity contribution in [3.8, 4) is 5.75 Å². The second-order valence-corrected chi connectivity index (χ2v) is 15.0. The van der Waals surface area contributed by atoms with E-state index in [0.29, 0.717) is 65.4 Å². The van der Waals surface area contributed by atoms with Gasteiger partial charge < -0.3 is 15.0 Å². The van der Waals surface area contributed by atoms with E-state index in [4.69, 9.17) is 22.9 Å². The Morgan fingerprint density at radius 1 is 0.849 bits per heavy atom. The number of fused-ring (bicyclic) bond motifs is 2. The minimum atomic E-state index is -0.977. The predicted molar refractivity (Wildman–Crippen MR) is 196 cm³/mol. The quantitative estimate of drug-likeness (QED) is 0.233. The first-order valence-electron chi connectivity index (χ1n) is 18.3. The fraction of sp³-hybridized carbons (Fsp3) is 0.400. The monoisotopic (exact) mass is 734 g/mol. The maximum atomic E-state index is 13.4. The van der Waals surface area contributed by atoms with Crippen LogP contribution in [0.25, 0.3) is 4.85 Å². The Morgan fingerprint density at radius 3 is 2.11 bits per heavy atom. The molecule has 272 valence electrons. The van der Waals surface area contributed by atoms with Gasteiger partial charge in [-0.15, -0.1) is 0 Å². The maximum Gasteiger partial charge on any atom is 0.262 e. The lowest BCUT2D eigenvalue weighted by atomic mass is 9.92. The molecule has 3 aromatic rings. The molecule has 0 spiro atoms. The van der Waals surface area contributed by atoms with E-state index in [9.17, 15) is 24.0 Å². The summed E-state index contributed by atoms with van der Waals surface area (Å²) in [5.74, 6) is -1.27. The topological polar surface area (TPSA) is 133 Å². The van der Waals surface area contributed by atoms with E-state index in [2.05, 4.69) is 20.4 Å². The zero-order chi connectivity index (χ0) is 36.8. The van der Waals surface area contributed by atoms with Crippen LogP contribution in [0.2, 0.25) is 5.02 Å². The second kappa shape index (κ2) is 14.3. The minimum absolute atomic E-state index is 0.0240. The van der Waals surface area contributed by atoms with Crippen LogP contribution >= 0.6 is 11.6 Å². The summed E-state index contributed by atoms with van der Waals surface area (Å²) in [6, 6.07) is 16.1. The minimum Gasteiger partial charge on any atom is -0.490 e. The average molecular weight is 735 g/mol. The summed E-state index contributed by atoms with van der Waals surface area (Å²) in [4.78, 5) is 72.8. The van der Waals surface area contributed by atoms with Crippen LogP contribution in [0.4, 0.5) is 11.4 Å². The van der Waals surface area contributed by atoms with Gasteiger partial charge in [0, 0.05) is 55.9 Å². The van der Waals surface area contributed by atoms with Gasteiger partial charge in [0.25, 0.3) is 17.7 Å². The number of amides is 5. The third-order valence-corrected chi connectivity index (χ3v) is 11.6. The number of piperidine rings is 2. The number of likely N-dealkylation sites (tertiary alicyclic amines) is 1. The van der Waals surface area contributed by atoms with Gasteiger partial charge in [-0.05, 0) is 105 Å². The predicted octanol–water partition coefficient (Wildman–Crippen LogP) is 5.71. The van der Waals surface area contributed by atoms with Gasteiger partial charge in [0.1, 0.15) is 11.8 Å². The molecule has 4 aliphatic heterocycles. The normalized spacial score (nSPS) is 23.4. The molecule has 12 nitrogen and oxygen atoms in total. The highest BCUT2D eigenvalue weighted by Gasteiger charge is 2.45. The fourth-order valence-electron chi connectivity index (χ4n) is 8.38. The number of hydrogen-bond acceptors (Lipinski definition) is 8. The molecule has 8 rings (SSSR count). The van der Waals surface area contributed by atoms with Gasteiger partial charge in [-0.2, -0.15) is 0 Å². The highest BCUT2D eigenvalue weighted by atomic mass is 35.5. The molecule has 5 aliphatic rings. The first-order valence-corrected chi connectivity index (χ1v) is 18.6. The molecule has 1 saturated carbocycles. The molecular formula is C40H39ClN6O6. The Bertz CT molecular complexity index is 2000. The molecule has 3 aromatic carbocycles. The van der Waals surface area contributed by atoms with Crippen molar-refractivity contribution in [3.63, 3.8) is 0 Å². The van der Waals surface area contributed by atoms with Gasteiger partial charge in [0.15, 0.2) is 0 Å². The number of nitrogens with zero attached hydrogens (tertiary/aromatic N) is 4. The summed E-state index contributed by atoms with van der Waals surface area (Å²) in [6.07, 6.45) is 5.69. The largest absolute Gasteiger partial charge is 0.490 e. The van der Waals surface area contributed by atoms with Gasteiger partial charge >= 0.3 is 0 Å². The van der Waals surface area contributed by atoms with Gasteiger partial charge in [-0.3, -0.25) is 39.1 Å². The SMILES string of the molecule is [C-]#[N+]c1ccc(OC2CCC(Nc3ccc(C(=O)N4CCC(N5Cc6cc7c(cc6C5)C(=O)N(C5CCC(=O)NC5=O)C7=O)CC4)cc3)CC2)cc1Cl. The van der Waals surface area contributed by atoms with Gasteiger partial charge in [0.2, 0.25) is 17.5 Å². The zero-order valence-electron chi connectivity index (χ0n) is 29.1. The second-order valence-electron chi connectivity index (χ2n) is 14.6. The van der Waals surface area contributed by atoms with Gasteiger partial charge in [-0.25, -0.2) is 4.85 Å². The summed E-state index contributed by atoms with van der Waals surface area (Å²) in [5, 5.41) is 6.25. The number of imide groups is 2. The molecule has 1 atom stereocenters. The number of benzene rings is 3. The van der Waals surface area contributed by atoms with Crippen LogP contribution < -0.4 is 15.4 Å². The Labute approximate surface area is 312 Å². The van der Waals surface area contributed by atoms with Crippen molar-refractivity contribution in [2.75, 3.05) is 18.4 Å². The van der Waals surface area contributed by atoms with Crippen LogP contribution in [-0.2, 0) is 22.7 Å². The van der Waals surface area contributed by atoms with E-state index in [-0.39, 0.29) is 30.9 Å². The summed E-state index contributed by atoms with van der Waals surface area (Å²) >= 11 is 6.17. The van der Waals surface area contributed by atoms with E-state index in [1.54, 1.807) is 30.3 Å². The third kappa shape index (κ3) is 6.87. The molecular weight excluding hydrogens is 696 g/mol. The molecule has 2 N–H and O–H groups in total. The molecule has 0 radical (unpaired) electrons. The van der Waals surface area contributed by atoms with Crippen molar-refractivity contribution < 1.29 is 28.7 Å². The Balaban J connectivity index is 0.801. The van der Waals surface area contributed by atoms with Crippen molar-refractivity contribution >= 4 is 52.5 Å². The molecule has 1 aliphatic carbocycles. The molecule has 0 aromatic heterocycles. The van der Waals surface area contributed by atoms with Crippen molar-refractivity contribution in [1.82, 2.24) is 20.0 Å². The summed E-state index contributed by atoms with van der Waals surface area (Å²) in [5.41, 5.74) is 4.69. The lowest BCUT2D eigenvalue weighted by Gasteiger charge is -2.36. The smallest absolute Gasteiger partial charge is 0.262 e. The van der Waals surface area contributed by atoms with Crippen molar-refractivity contribution in [2.45, 2.75) is 88.7 Å². The number of carbonyl (C=O) groups excluding carboxylic acids is 5. The molecule has 5 amide bonds. The number of nitrogens with one attached hydrogen (secondary N) is 2. The van der Waals surface area contributed by atoms with Crippen LogP contribution in [0.15, 0.2) is 54.6 Å². The fourth-order valence-corrected chi connectivity index (χ4v) is 8.60. The Kier molecular flexibility index (Phi) is 9.39. The van der Waals surface area contributed by atoms with Crippen LogP contribution in [0.3, 0.4) is 0 Å². The van der Waals surface area contributed by atoms with E-state index < -0.39 is 29.7 Å². The van der Waals surface area contributed by atoms with Crippen molar-refractivity contribution in [1.29, 1.82) is 0 Å². The molecule has 3 fully saturated rings. The summed E-state index contributed by atoms with van der Waals surface area (Å²) < 4.78 is 6.13. The number of rotatable bonds is 7. The molecule has 4 heterocycles. The third-order valence-electron chi connectivity index (χ3n) is 11.3. The summed E-state index contributed by atoms with van der Waals surface area (Å²) in [6.45, 7) is 9.74. The van der Waals surface area contributed by atoms with Crippen LogP contribution in [-0.4, -0.2) is 81.6 Å². The number of halogens is 1. The lowest BCUT2D eigenvalue weighted by molar-refractivity contribution is -0.136. The zero-order valence-corrected chi connectivity index (χ0v) is 29.9. The molecule has 2 saturated heterocycles. The summed E-state index contributed by atoms with van der Waals surface area (Å²) in [7, 11) is 0. The van der Waals surface area contributed by atoms with Crippen LogP contribution in [0.1, 0.15) is 93.6 Å². The Morgan fingerprint density at radius 2 is 1.51 bits per heavy atom. The van der Waals surface area contributed by atoms with Crippen molar-refractivity contribution in [2.24, 2.45) is 0 Å². The lowest BCUT2D eigenvalue weighted by Crippen LogP contribution is -2.54. The van der Waals surface area contributed by atoms with E-state index in [0.717, 1.165) is 60.2 Å². The molecule has 1 unspecified atom stereocenters. The van der Waals surface area contributed by atoms with E-state index in [1.807, 2.05) is 29.2 Å². The number of carbonyl (C=O) groups is 5.